The lowest BCUT2D eigenvalue weighted by Crippen LogP contribution is -3.00. The number of carbonyl (C=O) groups is 1. The first-order chi connectivity index (χ1) is 14.1. The molecule has 2 heterocycles. The normalized spacial score (nSPS) is 16.5. The average molecular weight is 469 g/mol. The van der Waals surface area contributed by atoms with Crippen LogP contribution in [0.2, 0.25) is 0 Å². The maximum absolute atomic E-state index is 12.7. The van der Waals surface area contributed by atoms with Gasteiger partial charge in [-0.05, 0) is 54.3 Å². The second kappa shape index (κ2) is 8.26. The Hall–Kier alpha value is -2.60. The van der Waals surface area contributed by atoms with Crippen LogP contribution in [-0.2, 0) is 25.8 Å². The quantitative estimate of drug-likeness (QED) is 0.435. The number of fused-ring (bicyclic) bond motifs is 2. The number of aryl methyl sites for hydroxylation is 1. The molecule has 0 saturated carbocycles. The van der Waals surface area contributed by atoms with Crippen LogP contribution in [0.4, 0.5) is 0 Å². The maximum Gasteiger partial charge on any atom is 0.257 e. The minimum Gasteiger partial charge on any atom is -1.00 e. The molecule has 156 valence electrons. The molecule has 1 N–H and O–H groups in total. The van der Waals surface area contributed by atoms with Crippen LogP contribution in [0.5, 0.6) is 11.5 Å². The second-order valence-corrected chi connectivity index (χ2v) is 7.88. The van der Waals surface area contributed by atoms with E-state index < -0.39 is 0 Å². The van der Waals surface area contributed by atoms with E-state index in [0.717, 1.165) is 43.9 Å². The number of ketones is 1. The van der Waals surface area contributed by atoms with Crippen LogP contribution in [-0.4, -0.2) is 22.1 Å². The summed E-state index contributed by atoms with van der Waals surface area (Å²) in [6.07, 6.45) is 8.14. The highest BCUT2D eigenvalue weighted by Gasteiger charge is 2.33. The van der Waals surface area contributed by atoms with Gasteiger partial charge >= 0.3 is 0 Å². The largest absolute Gasteiger partial charge is 1.00 e. The van der Waals surface area contributed by atoms with E-state index in [9.17, 15) is 9.90 Å². The highest BCUT2D eigenvalue weighted by Crippen LogP contribution is 2.40. The number of Topliss-reactive ketones (excluding diaryl/α,β-unsaturated/α-hetero) is 1. The molecule has 0 amide bonds. The standard InChI is InChI=1S/C24H24N2O3.BrH/c1-2-24-25(15-22(28)16-3-6-19(27)7-4-16)10-11-26(24)21-8-5-17-13-18-9-12-29-23(18)14-20(17)21;/h3-4,6-7,10-11,13-14,21H,2,5,8-9,12,15H2,1H3;1H. The molecule has 30 heavy (non-hydrogen) atoms. The van der Waals surface area contributed by atoms with Crippen molar-refractivity contribution in [3.63, 3.8) is 0 Å². The van der Waals surface area contributed by atoms with E-state index in [1.807, 2.05) is 6.20 Å². The molecule has 1 aliphatic heterocycles. The smallest absolute Gasteiger partial charge is 0.257 e. The van der Waals surface area contributed by atoms with E-state index in [-0.39, 0.29) is 28.5 Å². The number of benzene rings is 2. The molecule has 1 atom stereocenters. The molecule has 5 rings (SSSR count). The van der Waals surface area contributed by atoms with Crippen LogP contribution in [0.3, 0.4) is 0 Å². The first-order valence-electron chi connectivity index (χ1n) is 10.3. The lowest BCUT2D eigenvalue weighted by Gasteiger charge is -2.12. The van der Waals surface area contributed by atoms with E-state index in [4.69, 9.17) is 4.74 Å². The Morgan fingerprint density at radius 3 is 2.77 bits per heavy atom. The van der Waals surface area contributed by atoms with Crippen molar-refractivity contribution in [2.45, 2.75) is 45.2 Å². The summed E-state index contributed by atoms with van der Waals surface area (Å²) in [5.41, 5.74) is 4.74. The Balaban J connectivity index is 0.00000218. The Labute approximate surface area is 186 Å². The van der Waals surface area contributed by atoms with Crippen molar-refractivity contribution in [2.75, 3.05) is 6.61 Å². The lowest BCUT2D eigenvalue weighted by atomic mass is 10.0. The van der Waals surface area contributed by atoms with Crippen molar-refractivity contribution in [3.05, 3.63) is 76.9 Å². The van der Waals surface area contributed by atoms with Gasteiger partial charge in [0.05, 0.1) is 6.61 Å². The topological polar surface area (TPSA) is 55.3 Å². The molecule has 0 spiro atoms. The van der Waals surface area contributed by atoms with Gasteiger partial charge in [-0.2, -0.15) is 0 Å². The molecule has 2 aromatic carbocycles. The molecular weight excluding hydrogens is 444 g/mol. The molecule has 0 radical (unpaired) electrons. The van der Waals surface area contributed by atoms with E-state index >= 15 is 0 Å². The van der Waals surface area contributed by atoms with Gasteiger partial charge in [0.2, 0.25) is 5.78 Å². The summed E-state index contributed by atoms with van der Waals surface area (Å²) >= 11 is 0. The van der Waals surface area contributed by atoms with Crippen LogP contribution in [0, 0.1) is 0 Å². The first kappa shape index (κ1) is 20.7. The predicted octanol–water partition coefficient (Wildman–Crippen LogP) is 0.401. The molecule has 5 nitrogen and oxygen atoms in total. The fraction of sp³-hybridized carbons (Fsp3) is 0.333. The number of hydrogen-bond acceptors (Lipinski definition) is 3. The van der Waals surface area contributed by atoms with Crippen molar-refractivity contribution >= 4 is 5.78 Å². The number of phenolic OH excluding ortho intramolecular Hbond substituents is 1. The molecule has 2 aliphatic rings. The van der Waals surface area contributed by atoms with Gasteiger partial charge in [0.1, 0.15) is 29.9 Å². The third-order valence-corrected chi connectivity index (χ3v) is 6.19. The van der Waals surface area contributed by atoms with Gasteiger partial charge in [-0.1, -0.05) is 13.0 Å². The van der Waals surface area contributed by atoms with Crippen LogP contribution >= 0.6 is 0 Å². The summed E-state index contributed by atoms with van der Waals surface area (Å²) in [5.74, 6) is 2.40. The zero-order valence-corrected chi connectivity index (χ0v) is 18.6. The Bertz CT molecular complexity index is 1090. The van der Waals surface area contributed by atoms with E-state index in [1.165, 1.54) is 16.7 Å². The van der Waals surface area contributed by atoms with Gasteiger partial charge in [0.25, 0.3) is 5.82 Å². The molecule has 1 aliphatic carbocycles. The van der Waals surface area contributed by atoms with Gasteiger partial charge < -0.3 is 26.8 Å². The van der Waals surface area contributed by atoms with Crippen LogP contribution in [0.15, 0.2) is 48.8 Å². The Kier molecular flexibility index (Phi) is 5.69. The van der Waals surface area contributed by atoms with Gasteiger partial charge in [0, 0.05) is 24.0 Å². The molecule has 1 aromatic heterocycles. The highest BCUT2D eigenvalue weighted by atomic mass is 79.9. The number of halogens is 1. The monoisotopic (exact) mass is 468 g/mol. The minimum atomic E-state index is 0. The average Bonchev–Trinajstić information content (AvgIpc) is 3.44. The maximum atomic E-state index is 12.7. The summed E-state index contributed by atoms with van der Waals surface area (Å²) in [5, 5.41) is 9.44. The molecule has 0 fully saturated rings. The van der Waals surface area contributed by atoms with E-state index in [2.05, 4.69) is 34.4 Å². The van der Waals surface area contributed by atoms with Crippen LogP contribution < -0.4 is 26.3 Å². The second-order valence-electron chi connectivity index (χ2n) is 7.88. The molecular formula is C24H25BrN2O3. The Morgan fingerprint density at radius 1 is 1.20 bits per heavy atom. The number of rotatable bonds is 5. The number of aromatic nitrogens is 2. The zero-order valence-electron chi connectivity index (χ0n) is 17.0. The van der Waals surface area contributed by atoms with Crippen LogP contribution in [0.25, 0.3) is 0 Å². The molecule has 0 bridgehead atoms. The number of hydrogen-bond donors (Lipinski definition) is 1. The van der Waals surface area contributed by atoms with E-state index in [0.29, 0.717) is 18.2 Å². The van der Waals surface area contributed by atoms with Crippen molar-refractivity contribution in [1.29, 1.82) is 0 Å². The number of ether oxygens (including phenoxy) is 1. The number of nitrogens with zero attached hydrogens (tertiary/aromatic N) is 2. The molecule has 0 saturated heterocycles. The minimum absolute atomic E-state index is 0. The summed E-state index contributed by atoms with van der Waals surface area (Å²) in [6.45, 7) is 3.22. The highest BCUT2D eigenvalue weighted by molar-refractivity contribution is 5.95. The van der Waals surface area contributed by atoms with Crippen molar-refractivity contribution < 1.29 is 36.2 Å². The van der Waals surface area contributed by atoms with E-state index in [1.54, 1.807) is 24.3 Å². The van der Waals surface area contributed by atoms with Crippen molar-refractivity contribution in [3.8, 4) is 11.5 Å². The Morgan fingerprint density at radius 2 is 2.00 bits per heavy atom. The van der Waals surface area contributed by atoms with Crippen molar-refractivity contribution in [2.24, 2.45) is 0 Å². The summed E-state index contributed by atoms with van der Waals surface area (Å²) < 4.78 is 10.2. The summed E-state index contributed by atoms with van der Waals surface area (Å²) in [7, 11) is 0. The SMILES string of the molecule is CCc1n(C2CCc3cc4c(cc32)OCC4)cc[n+]1CC(=O)c1ccc(O)cc1.[Br-]. The van der Waals surface area contributed by atoms with Gasteiger partial charge in [-0.3, -0.25) is 4.79 Å². The summed E-state index contributed by atoms with van der Waals surface area (Å²) in [6, 6.07) is 11.3. The lowest BCUT2D eigenvalue weighted by molar-refractivity contribution is -0.690. The number of phenols is 1. The summed E-state index contributed by atoms with van der Waals surface area (Å²) in [4.78, 5) is 12.7. The van der Waals surface area contributed by atoms with Gasteiger partial charge in [-0.15, -0.1) is 0 Å². The number of carbonyl (C=O) groups excluding carboxylic acids is 1. The molecule has 6 heteroatoms. The van der Waals surface area contributed by atoms with Crippen LogP contribution in [0.1, 0.15) is 52.3 Å². The van der Waals surface area contributed by atoms with Crippen molar-refractivity contribution in [1.82, 2.24) is 4.57 Å². The fourth-order valence-corrected chi connectivity index (χ4v) is 4.73. The predicted molar refractivity (Wildman–Crippen MR) is 109 cm³/mol. The molecule has 1 unspecified atom stereocenters. The van der Waals surface area contributed by atoms with Gasteiger partial charge in [-0.25, -0.2) is 9.13 Å². The molecule has 3 aromatic rings. The third kappa shape index (κ3) is 3.54. The first-order valence-corrected chi connectivity index (χ1v) is 10.3. The zero-order chi connectivity index (χ0) is 20.0. The third-order valence-electron chi connectivity index (χ3n) is 6.19. The number of imidazole rings is 1. The van der Waals surface area contributed by atoms with Gasteiger partial charge in [0.15, 0.2) is 6.54 Å². The number of aromatic hydroxyl groups is 1. The fourth-order valence-electron chi connectivity index (χ4n) is 4.73.